The fraction of sp³-hybridized carbons (Fsp3) is 0.0769. The number of imidazole rings is 1. The molecule has 3 rings (SSSR count). The van der Waals surface area contributed by atoms with E-state index in [1.165, 1.54) is 0 Å². The molecule has 5 heteroatoms. The molecule has 0 saturated carbocycles. The zero-order valence-corrected chi connectivity index (χ0v) is 10.4. The van der Waals surface area contributed by atoms with Crippen molar-refractivity contribution in [3.05, 3.63) is 41.7 Å². The summed E-state index contributed by atoms with van der Waals surface area (Å²) in [7, 11) is 1.64. The van der Waals surface area contributed by atoms with Gasteiger partial charge in [0.25, 0.3) is 0 Å². The Bertz CT molecular complexity index is 708. The van der Waals surface area contributed by atoms with E-state index >= 15 is 0 Å². The first kappa shape index (κ1) is 11.0. The van der Waals surface area contributed by atoms with Crippen molar-refractivity contribution in [2.75, 3.05) is 7.11 Å². The van der Waals surface area contributed by atoms with Gasteiger partial charge in [0.05, 0.1) is 23.2 Å². The first-order valence-corrected chi connectivity index (χ1v) is 5.79. The second-order valence-electron chi connectivity index (χ2n) is 3.82. The summed E-state index contributed by atoms with van der Waals surface area (Å²) in [6.45, 7) is 0. The van der Waals surface area contributed by atoms with Gasteiger partial charge in [-0.05, 0) is 18.2 Å². The van der Waals surface area contributed by atoms with E-state index in [9.17, 15) is 0 Å². The van der Waals surface area contributed by atoms with Gasteiger partial charge >= 0.3 is 0 Å². The van der Waals surface area contributed by atoms with Gasteiger partial charge in [0.2, 0.25) is 0 Å². The predicted octanol–water partition coefficient (Wildman–Crippen LogP) is 3.29. The smallest absolute Gasteiger partial charge is 0.140 e. The lowest BCUT2D eigenvalue weighted by Gasteiger charge is -1.98. The summed E-state index contributed by atoms with van der Waals surface area (Å²) in [5, 5.41) is 0.573. The van der Waals surface area contributed by atoms with E-state index in [0.29, 0.717) is 5.02 Å². The van der Waals surface area contributed by atoms with Crippen LogP contribution in [0.25, 0.3) is 22.4 Å². The van der Waals surface area contributed by atoms with Crippen molar-refractivity contribution in [2.45, 2.75) is 0 Å². The van der Waals surface area contributed by atoms with Gasteiger partial charge in [-0.15, -0.1) is 0 Å². The molecule has 0 radical (unpaired) electrons. The first-order valence-electron chi connectivity index (χ1n) is 5.41. The van der Waals surface area contributed by atoms with Crippen molar-refractivity contribution in [1.29, 1.82) is 0 Å². The fourth-order valence-electron chi connectivity index (χ4n) is 1.81. The molecule has 0 saturated heterocycles. The standard InChI is InChI=1S/C13H10ClN3O/c1-18-8-2-3-11-12(6-8)17-13(16-11)9-4-5-15-7-10(9)14/h2-7H,1H3,(H,16,17). The molecule has 1 aromatic carbocycles. The van der Waals surface area contributed by atoms with Gasteiger partial charge in [-0.25, -0.2) is 4.98 Å². The molecule has 18 heavy (non-hydrogen) atoms. The molecule has 2 heterocycles. The summed E-state index contributed by atoms with van der Waals surface area (Å²) in [5.74, 6) is 1.52. The van der Waals surface area contributed by atoms with Crippen LogP contribution in [-0.4, -0.2) is 22.1 Å². The normalized spacial score (nSPS) is 10.8. The lowest BCUT2D eigenvalue weighted by Crippen LogP contribution is -1.82. The van der Waals surface area contributed by atoms with Crippen molar-refractivity contribution in [3.63, 3.8) is 0 Å². The summed E-state index contributed by atoms with van der Waals surface area (Å²) >= 11 is 6.10. The van der Waals surface area contributed by atoms with Crippen molar-refractivity contribution in [2.24, 2.45) is 0 Å². The first-order chi connectivity index (χ1) is 8.78. The van der Waals surface area contributed by atoms with Crippen LogP contribution >= 0.6 is 11.6 Å². The minimum Gasteiger partial charge on any atom is -0.497 e. The Morgan fingerprint density at radius 3 is 2.94 bits per heavy atom. The molecule has 2 aromatic heterocycles. The number of halogens is 1. The molecule has 3 aromatic rings. The zero-order valence-electron chi connectivity index (χ0n) is 9.64. The summed E-state index contributed by atoms with van der Waals surface area (Å²) in [6.07, 6.45) is 3.29. The van der Waals surface area contributed by atoms with Gasteiger partial charge in [0.15, 0.2) is 0 Å². The summed E-state index contributed by atoms with van der Waals surface area (Å²) in [5.41, 5.74) is 2.62. The predicted molar refractivity (Wildman–Crippen MR) is 70.9 cm³/mol. The van der Waals surface area contributed by atoms with Crippen LogP contribution in [-0.2, 0) is 0 Å². The largest absolute Gasteiger partial charge is 0.497 e. The molecule has 4 nitrogen and oxygen atoms in total. The van der Waals surface area contributed by atoms with E-state index in [4.69, 9.17) is 16.3 Å². The van der Waals surface area contributed by atoms with Gasteiger partial charge in [0, 0.05) is 24.0 Å². The van der Waals surface area contributed by atoms with Crippen LogP contribution in [0.4, 0.5) is 0 Å². The Morgan fingerprint density at radius 1 is 1.28 bits per heavy atom. The van der Waals surface area contributed by atoms with Gasteiger partial charge in [-0.3, -0.25) is 4.98 Å². The Hall–Kier alpha value is -2.07. The maximum absolute atomic E-state index is 6.10. The molecule has 0 fully saturated rings. The second kappa shape index (κ2) is 4.31. The Labute approximate surface area is 109 Å². The SMILES string of the molecule is COc1ccc2nc(-c3ccncc3Cl)[nH]c2c1. The number of benzene rings is 1. The van der Waals surface area contributed by atoms with Crippen LogP contribution in [0.3, 0.4) is 0 Å². The van der Waals surface area contributed by atoms with Crippen LogP contribution in [0, 0.1) is 0 Å². The highest BCUT2D eigenvalue weighted by Gasteiger charge is 2.09. The Morgan fingerprint density at radius 2 is 2.17 bits per heavy atom. The number of H-pyrrole nitrogens is 1. The van der Waals surface area contributed by atoms with Gasteiger partial charge in [-0.1, -0.05) is 11.6 Å². The third-order valence-corrected chi connectivity index (χ3v) is 3.02. The molecule has 0 unspecified atom stereocenters. The number of methoxy groups -OCH3 is 1. The number of rotatable bonds is 2. The number of hydrogen-bond donors (Lipinski definition) is 1. The number of aromatic nitrogens is 3. The number of fused-ring (bicyclic) bond motifs is 1. The number of nitrogens with zero attached hydrogens (tertiary/aromatic N) is 2. The highest BCUT2D eigenvalue weighted by Crippen LogP contribution is 2.27. The Balaban J connectivity index is 2.17. The van der Waals surface area contributed by atoms with E-state index in [1.54, 1.807) is 19.5 Å². The van der Waals surface area contributed by atoms with Gasteiger partial charge < -0.3 is 9.72 Å². The lowest BCUT2D eigenvalue weighted by molar-refractivity contribution is 0.415. The maximum atomic E-state index is 6.10. The molecule has 1 N–H and O–H groups in total. The minimum atomic E-state index is 0.573. The summed E-state index contributed by atoms with van der Waals surface area (Å²) in [4.78, 5) is 11.7. The quantitative estimate of drug-likeness (QED) is 0.768. The summed E-state index contributed by atoms with van der Waals surface area (Å²) < 4.78 is 5.18. The van der Waals surface area contributed by atoms with Crippen LogP contribution in [0.5, 0.6) is 5.75 Å². The molecule has 0 aliphatic heterocycles. The van der Waals surface area contributed by atoms with E-state index < -0.39 is 0 Å². The molecular weight excluding hydrogens is 250 g/mol. The molecule has 0 atom stereocenters. The van der Waals surface area contributed by atoms with Crippen LogP contribution in [0.1, 0.15) is 0 Å². The highest BCUT2D eigenvalue weighted by molar-refractivity contribution is 6.33. The van der Waals surface area contributed by atoms with Crippen molar-refractivity contribution in [1.82, 2.24) is 15.0 Å². The van der Waals surface area contributed by atoms with Crippen LogP contribution in [0.15, 0.2) is 36.7 Å². The van der Waals surface area contributed by atoms with E-state index in [-0.39, 0.29) is 0 Å². The third kappa shape index (κ3) is 1.80. The molecule has 90 valence electrons. The van der Waals surface area contributed by atoms with Gasteiger partial charge in [0.1, 0.15) is 11.6 Å². The van der Waals surface area contributed by atoms with Crippen LogP contribution < -0.4 is 4.74 Å². The average Bonchev–Trinajstić information content (AvgIpc) is 2.81. The molecule has 0 spiro atoms. The zero-order chi connectivity index (χ0) is 12.5. The molecule has 0 bridgehead atoms. The number of aromatic amines is 1. The maximum Gasteiger partial charge on any atom is 0.140 e. The van der Waals surface area contributed by atoms with Crippen LogP contribution in [0.2, 0.25) is 5.02 Å². The summed E-state index contributed by atoms with van der Waals surface area (Å²) in [6, 6.07) is 7.52. The van der Waals surface area contributed by atoms with E-state index in [2.05, 4.69) is 15.0 Å². The van der Waals surface area contributed by atoms with E-state index in [0.717, 1.165) is 28.2 Å². The Kier molecular flexibility index (Phi) is 2.64. The number of ether oxygens (including phenoxy) is 1. The number of nitrogens with one attached hydrogen (secondary N) is 1. The fourth-order valence-corrected chi connectivity index (χ4v) is 2.02. The van der Waals surface area contributed by atoms with E-state index in [1.807, 2.05) is 24.3 Å². The molecule has 0 aliphatic carbocycles. The topological polar surface area (TPSA) is 50.8 Å². The highest BCUT2D eigenvalue weighted by atomic mass is 35.5. The lowest BCUT2D eigenvalue weighted by atomic mass is 10.2. The van der Waals surface area contributed by atoms with Crippen molar-refractivity contribution in [3.8, 4) is 17.1 Å². The average molecular weight is 260 g/mol. The van der Waals surface area contributed by atoms with Gasteiger partial charge in [-0.2, -0.15) is 0 Å². The molecular formula is C13H10ClN3O. The monoisotopic (exact) mass is 259 g/mol. The molecule has 0 aliphatic rings. The minimum absolute atomic E-state index is 0.573. The molecule has 0 amide bonds. The second-order valence-corrected chi connectivity index (χ2v) is 4.23. The third-order valence-electron chi connectivity index (χ3n) is 2.72. The van der Waals surface area contributed by atoms with Crippen molar-refractivity contribution < 1.29 is 4.74 Å². The number of hydrogen-bond acceptors (Lipinski definition) is 3. The van der Waals surface area contributed by atoms with Crippen molar-refractivity contribution >= 4 is 22.6 Å². The number of pyridine rings is 1.